The number of benzene rings is 1. The van der Waals surface area contributed by atoms with Crippen molar-refractivity contribution in [2.24, 2.45) is 5.92 Å². The average Bonchev–Trinajstić information content (AvgIpc) is 3.24. The van der Waals surface area contributed by atoms with Gasteiger partial charge in [0.25, 0.3) is 0 Å². The largest absolute Gasteiger partial charge is 0.433 e. The van der Waals surface area contributed by atoms with E-state index < -0.39 is 16.6 Å². The third-order valence-electron chi connectivity index (χ3n) is 3.97. The Hall–Kier alpha value is -0.920. The summed E-state index contributed by atoms with van der Waals surface area (Å²) in [6, 6.07) is 3.40. The highest BCUT2D eigenvalue weighted by Gasteiger charge is 2.42. The zero-order valence-corrected chi connectivity index (χ0v) is 14.7. The van der Waals surface area contributed by atoms with E-state index in [-0.39, 0.29) is 33.7 Å². The normalized spacial score (nSPS) is 17.1. The summed E-state index contributed by atoms with van der Waals surface area (Å²) in [5, 5.41) is -0.153. The van der Waals surface area contributed by atoms with Crippen LogP contribution in [0.5, 0.6) is 5.75 Å². The van der Waals surface area contributed by atoms with Gasteiger partial charge in [-0.25, -0.2) is 8.42 Å². The van der Waals surface area contributed by atoms with E-state index in [4.69, 9.17) is 11.6 Å². The van der Waals surface area contributed by atoms with E-state index in [2.05, 4.69) is 4.74 Å². The van der Waals surface area contributed by atoms with Gasteiger partial charge in [-0.1, -0.05) is 25.4 Å². The van der Waals surface area contributed by atoms with Crippen molar-refractivity contribution in [1.82, 2.24) is 4.31 Å². The molecule has 0 saturated heterocycles. The van der Waals surface area contributed by atoms with E-state index in [0.717, 1.165) is 25.0 Å². The molecule has 1 unspecified atom stereocenters. The van der Waals surface area contributed by atoms with Crippen LogP contribution in [0.2, 0.25) is 5.02 Å². The van der Waals surface area contributed by atoms with Gasteiger partial charge < -0.3 is 4.74 Å². The highest BCUT2D eigenvalue weighted by Crippen LogP contribution is 2.37. The number of hydrogen-bond acceptors (Lipinski definition) is 3. The molecule has 130 valence electrons. The lowest BCUT2D eigenvalue weighted by Crippen LogP contribution is -2.42. The van der Waals surface area contributed by atoms with Crippen molar-refractivity contribution in [3.05, 3.63) is 23.2 Å². The molecule has 0 radical (unpaired) electrons. The van der Waals surface area contributed by atoms with Crippen molar-refractivity contribution in [2.45, 2.75) is 57.2 Å². The second kappa shape index (κ2) is 6.91. The number of ether oxygens (including phenoxy) is 1. The number of hydrogen-bond donors (Lipinski definition) is 0. The summed E-state index contributed by atoms with van der Waals surface area (Å²) < 4.78 is 56.1. The van der Waals surface area contributed by atoms with E-state index in [9.17, 15) is 17.2 Å². The number of alkyl halides is 2. The summed E-state index contributed by atoms with van der Waals surface area (Å²) in [5.41, 5.74) is 0. The second-order valence-electron chi connectivity index (χ2n) is 6.02. The van der Waals surface area contributed by atoms with Crippen molar-refractivity contribution in [3.63, 3.8) is 0 Å². The predicted molar refractivity (Wildman–Crippen MR) is 84.4 cm³/mol. The van der Waals surface area contributed by atoms with E-state index in [1.54, 1.807) is 0 Å². The zero-order valence-electron chi connectivity index (χ0n) is 13.2. The molecular formula is C15H20ClF2NO3S. The van der Waals surface area contributed by atoms with E-state index >= 15 is 0 Å². The Morgan fingerprint density at radius 3 is 2.30 bits per heavy atom. The number of halogens is 3. The van der Waals surface area contributed by atoms with Gasteiger partial charge in [0, 0.05) is 12.1 Å². The number of nitrogens with zero attached hydrogens (tertiary/aromatic N) is 1. The predicted octanol–water partition coefficient (Wildman–Crippen LogP) is 4.14. The molecule has 0 aliphatic heterocycles. The van der Waals surface area contributed by atoms with E-state index in [1.807, 2.05) is 20.8 Å². The first kappa shape index (κ1) is 18.4. The third-order valence-corrected chi connectivity index (χ3v) is 6.30. The summed E-state index contributed by atoms with van der Waals surface area (Å²) in [7, 11) is -3.74. The lowest BCUT2D eigenvalue weighted by atomic mass is 10.1. The van der Waals surface area contributed by atoms with Gasteiger partial charge in [-0.15, -0.1) is 0 Å². The minimum atomic E-state index is -3.74. The molecule has 8 heteroatoms. The first-order valence-corrected chi connectivity index (χ1v) is 9.24. The average molecular weight is 368 g/mol. The van der Waals surface area contributed by atoms with Crippen molar-refractivity contribution < 1.29 is 21.9 Å². The first-order chi connectivity index (χ1) is 10.6. The highest BCUT2D eigenvalue weighted by molar-refractivity contribution is 7.89. The van der Waals surface area contributed by atoms with Crippen LogP contribution in [0.15, 0.2) is 23.1 Å². The molecule has 0 amide bonds. The standard InChI is InChI=1S/C15H20ClF2NO3S/c1-9(2)10(3)19(11-4-5-11)23(20,21)12-6-7-14(13(16)8-12)22-15(17)18/h6-11,15H,4-5H2,1-3H3. The van der Waals surface area contributed by atoms with Crippen LogP contribution in [-0.4, -0.2) is 31.4 Å². The Labute approximate surface area is 140 Å². The smallest absolute Gasteiger partial charge is 0.387 e. The van der Waals surface area contributed by atoms with E-state index in [1.165, 1.54) is 10.4 Å². The molecule has 1 atom stereocenters. The Balaban J connectivity index is 2.36. The van der Waals surface area contributed by atoms with Gasteiger partial charge >= 0.3 is 6.61 Å². The van der Waals surface area contributed by atoms with Crippen LogP contribution in [0, 0.1) is 5.92 Å². The fourth-order valence-corrected chi connectivity index (χ4v) is 4.65. The molecule has 2 rings (SSSR count). The molecule has 0 bridgehead atoms. The van der Waals surface area contributed by atoms with Crippen LogP contribution in [0.4, 0.5) is 8.78 Å². The number of rotatable bonds is 7. The van der Waals surface area contributed by atoms with Crippen LogP contribution in [0.1, 0.15) is 33.6 Å². The first-order valence-electron chi connectivity index (χ1n) is 7.42. The van der Waals surface area contributed by atoms with Crippen LogP contribution >= 0.6 is 11.6 Å². The van der Waals surface area contributed by atoms with Gasteiger partial charge in [-0.3, -0.25) is 0 Å². The maximum absolute atomic E-state index is 12.9. The Morgan fingerprint density at radius 2 is 1.87 bits per heavy atom. The van der Waals surface area contributed by atoms with Gasteiger partial charge in [0.1, 0.15) is 5.75 Å². The summed E-state index contributed by atoms with van der Waals surface area (Å²) in [6.07, 6.45) is 1.66. The topological polar surface area (TPSA) is 46.6 Å². The molecule has 0 spiro atoms. The van der Waals surface area contributed by atoms with Crippen molar-refractivity contribution in [2.75, 3.05) is 0 Å². The molecule has 23 heavy (non-hydrogen) atoms. The van der Waals surface area contributed by atoms with Crippen molar-refractivity contribution in [3.8, 4) is 5.75 Å². The molecule has 0 N–H and O–H groups in total. The van der Waals surface area contributed by atoms with Crippen molar-refractivity contribution >= 4 is 21.6 Å². The fourth-order valence-electron chi connectivity index (χ4n) is 2.33. The maximum atomic E-state index is 12.9. The van der Waals surface area contributed by atoms with Crippen LogP contribution in [0.3, 0.4) is 0 Å². The molecule has 1 aliphatic carbocycles. The summed E-state index contributed by atoms with van der Waals surface area (Å²) in [5.74, 6) is -0.0854. The number of sulfonamides is 1. The fraction of sp³-hybridized carbons (Fsp3) is 0.600. The molecule has 1 fully saturated rings. The maximum Gasteiger partial charge on any atom is 0.387 e. The van der Waals surface area contributed by atoms with Gasteiger partial charge in [0.15, 0.2) is 0 Å². The molecule has 1 saturated carbocycles. The summed E-state index contributed by atoms with van der Waals surface area (Å²) >= 11 is 5.88. The lowest BCUT2D eigenvalue weighted by Gasteiger charge is -2.31. The summed E-state index contributed by atoms with van der Waals surface area (Å²) in [6.45, 7) is 2.78. The second-order valence-corrected chi connectivity index (χ2v) is 8.27. The molecule has 0 heterocycles. The SMILES string of the molecule is CC(C)C(C)N(C1CC1)S(=O)(=O)c1ccc(OC(F)F)c(Cl)c1. The third kappa shape index (κ3) is 4.14. The van der Waals surface area contributed by atoms with Crippen LogP contribution in [-0.2, 0) is 10.0 Å². The lowest BCUT2D eigenvalue weighted by molar-refractivity contribution is -0.0498. The highest BCUT2D eigenvalue weighted by atomic mass is 35.5. The molecule has 1 aliphatic rings. The van der Waals surface area contributed by atoms with Crippen molar-refractivity contribution in [1.29, 1.82) is 0 Å². The Morgan fingerprint density at radius 1 is 1.26 bits per heavy atom. The van der Waals surface area contributed by atoms with Gasteiger partial charge in [-0.2, -0.15) is 13.1 Å². The molecular weight excluding hydrogens is 348 g/mol. The minimum absolute atomic E-state index is 0.00633. The van der Waals surface area contributed by atoms with Gasteiger partial charge in [0.2, 0.25) is 10.0 Å². The quantitative estimate of drug-likeness (QED) is 0.727. The zero-order chi connectivity index (χ0) is 17.4. The monoisotopic (exact) mass is 367 g/mol. The summed E-state index contributed by atoms with van der Waals surface area (Å²) in [4.78, 5) is -0.0106. The molecule has 0 aromatic heterocycles. The van der Waals surface area contributed by atoms with Crippen LogP contribution < -0.4 is 4.74 Å². The molecule has 1 aromatic rings. The van der Waals surface area contributed by atoms with Crippen LogP contribution in [0.25, 0.3) is 0 Å². The van der Waals surface area contributed by atoms with Gasteiger partial charge in [0.05, 0.1) is 9.92 Å². The Kier molecular flexibility index (Phi) is 5.53. The molecule has 4 nitrogen and oxygen atoms in total. The van der Waals surface area contributed by atoms with Gasteiger partial charge in [-0.05, 0) is 43.9 Å². The minimum Gasteiger partial charge on any atom is -0.433 e. The van der Waals surface area contributed by atoms with E-state index in [0.29, 0.717) is 0 Å². The Bertz CT molecular complexity index is 663. The molecule has 1 aromatic carbocycles.